The minimum absolute atomic E-state index is 0.461. The SMILES string of the molecule is C[C@@H](CNC[C@]1(O)CCSC1)Cc1ccccc1. The van der Waals surface area contributed by atoms with Gasteiger partial charge in [0, 0.05) is 12.3 Å². The lowest BCUT2D eigenvalue weighted by Gasteiger charge is -2.23. The van der Waals surface area contributed by atoms with Gasteiger partial charge in [0.15, 0.2) is 0 Å². The zero-order valence-corrected chi connectivity index (χ0v) is 11.9. The molecule has 1 aromatic rings. The maximum atomic E-state index is 10.2. The van der Waals surface area contributed by atoms with Crippen LogP contribution in [0.25, 0.3) is 0 Å². The van der Waals surface area contributed by atoms with E-state index in [0.717, 1.165) is 37.4 Å². The van der Waals surface area contributed by atoms with Crippen LogP contribution >= 0.6 is 11.8 Å². The summed E-state index contributed by atoms with van der Waals surface area (Å²) in [7, 11) is 0. The van der Waals surface area contributed by atoms with Gasteiger partial charge < -0.3 is 10.4 Å². The number of thioether (sulfide) groups is 1. The predicted molar refractivity (Wildman–Crippen MR) is 79.1 cm³/mol. The molecule has 2 nitrogen and oxygen atoms in total. The first kappa shape index (κ1) is 13.9. The summed E-state index contributed by atoms with van der Waals surface area (Å²) in [4.78, 5) is 0. The second kappa shape index (κ2) is 6.60. The second-order valence-corrected chi connectivity index (χ2v) is 6.56. The Balaban J connectivity index is 1.67. The molecule has 0 bridgehead atoms. The standard InChI is InChI=1S/C15H23NOS/c1-13(9-14-5-3-2-4-6-14)10-16-11-15(17)7-8-18-12-15/h2-6,13,16-17H,7-12H2,1H3/t13-,15-/m1/s1. The van der Waals surface area contributed by atoms with Gasteiger partial charge in [-0.1, -0.05) is 37.3 Å². The molecule has 3 heteroatoms. The minimum atomic E-state index is -0.461. The summed E-state index contributed by atoms with van der Waals surface area (Å²) in [5.41, 5.74) is 0.930. The average Bonchev–Trinajstić information content (AvgIpc) is 2.77. The first-order valence-corrected chi connectivity index (χ1v) is 7.88. The van der Waals surface area contributed by atoms with Crippen LogP contribution in [0.15, 0.2) is 30.3 Å². The molecule has 0 aliphatic carbocycles. The molecule has 1 saturated heterocycles. The molecule has 1 aliphatic heterocycles. The summed E-state index contributed by atoms with van der Waals surface area (Å²) in [6.07, 6.45) is 2.03. The third-order valence-corrected chi connectivity index (χ3v) is 4.69. The smallest absolute Gasteiger partial charge is 0.0869 e. The Labute approximate surface area is 114 Å². The summed E-state index contributed by atoms with van der Waals surface area (Å²) in [6, 6.07) is 10.6. The monoisotopic (exact) mass is 265 g/mol. The minimum Gasteiger partial charge on any atom is -0.388 e. The molecule has 0 unspecified atom stereocenters. The van der Waals surface area contributed by atoms with Crippen molar-refractivity contribution in [3.63, 3.8) is 0 Å². The van der Waals surface area contributed by atoms with E-state index in [1.807, 2.05) is 11.8 Å². The summed E-state index contributed by atoms with van der Waals surface area (Å²) in [5.74, 6) is 2.58. The average molecular weight is 265 g/mol. The van der Waals surface area contributed by atoms with Crippen LogP contribution in [0.5, 0.6) is 0 Å². The van der Waals surface area contributed by atoms with Gasteiger partial charge in [-0.15, -0.1) is 0 Å². The number of hydrogen-bond donors (Lipinski definition) is 2. The third-order valence-electron chi connectivity index (χ3n) is 3.46. The molecule has 1 heterocycles. The van der Waals surface area contributed by atoms with Crippen LogP contribution in [0.1, 0.15) is 18.9 Å². The van der Waals surface area contributed by atoms with Crippen molar-refractivity contribution in [2.24, 2.45) is 5.92 Å². The van der Waals surface area contributed by atoms with Crippen LogP contribution < -0.4 is 5.32 Å². The van der Waals surface area contributed by atoms with Crippen molar-refractivity contribution < 1.29 is 5.11 Å². The zero-order valence-electron chi connectivity index (χ0n) is 11.1. The molecule has 2 atom stereocenters. The van der Waals surface area contributed by atoms with Crippen molar-refractivity contribution in [3.05, 3.63) is 35.9 Å². The molecular formula is C15H23NOS. The molecule has 0 aromatic heterocycles. The highest BCUT2D eigenvalue weighted by Crippen LogP contribution is 2.26. The van der Waals surface area contributed by atoms with E-state index in [1.165, 1.54) is 5.56 Å². The van der Waals surface area contributed by atoms with Crippen LogP contribution in [-0.4, -0.2) is 35.3 Å². The van der Waals surface area contributed by atoms with Gasteiger partial charge in [-0.2, -0.15) is 11.8 Å². The van der Waals surface area contributed by atoms with E-state index in [4.69, 9.17) is 0 Å². The molecule has 1 aliphatic rings. The highest BCUT2D eigenvalue weighted by atomic mass is 32.2. The summed E-state index contributed by atoms with van der Waals surface area (Å²) in [5, 5.41) is 13.6. The van der Waals surface area contributed by atoms with Crippen LogP contribution in [-0.2, 0) is 6.42 Å². The van der Waals surface area contributed by atoms with E-state index in [9.17, 15) is 5.11 Å². The number of rotatable bonds is 6. The van der Waals surface area contributed by atoms with Crippen molar-refractivity contribution in [3.8, 4) is 0 Å². The van der Waals surface area contributed by atoms with Crippen LogP contribution in [0.4, 0.5) is 0 Å². The normalized spacial score (nSPS) is 25.2. The van der Waals surface area contributed by atoms with Gasteiger partial charge in [-0.25, -0.2) is 0 Å². The van der Waals surface area contributed by atoms with Crippen LogP contribution in [0.2, 0.25) is 0 Å². The van der Waals surface area contributed by atoms with Gasteiger partial charge >= 0.3 is 0 Å². The number of benzene rings is 1. The molecular weight excluding hydrogens is 242 g/mol. The molecule has 2 N–H and O–H groups in total. The fourth-order valence-electron chi connectivity index (χ4n) is 2.38. The fourth-order valence-corrected chi connectivity index (χ4v) is 3.67. The molecule has 0 radical (unpaired) electrons. The highest BCUT2D eigenvalue weighted by molar-refractivity contribution is 7.99. The quantitative estimate of drug-likeness (QED) is 0.828. The number of nitrogens with one attached hydrogen (secondary N) is 1. The summed E-state index contributed by atoms with van der Waals surface area (Å²) >= 11 is 1.85. The predicted octanol–water partition coefficient (Wildman–Crippen LogP) is 2.32. The lowest BCUT2D eigenvalue weighted by Crippen LogP contribution is -2.42. The van der Waals surface area contributed by atoms with Gasteiger partial charge in [-0.3, -0.25) is 0 Å². The van der Waals surface area contributed by atoms with Crippen molar-refractivity contribution in [2.45, 2.75) is 25.4 Å². The van der Waals surface area contributed by atoms with E-state index in [2.05, 4.69) is 42.6 Å². The van der Waals surface area contributed by atoms with E-state index >= 15 is 0 Å². The molecule has 0 spiro atoms. The molecule has 1 aromatic carbocycles. The number of hydrogen-bond acceptors (Lipinski definition) is 3. The van der Waals surface area contributed by atoms with Gasteiger partial charge in [0.25, 0.3) is 0 Å². The number of aliphatic hydroxyl groups is 1. The molecule has 100 valence electrons. The highest BCUT2D eigenvalue weighted by Gasteiger charge is 2.31. The van der Waals surface area contributed by atoms with Crippen LogP contribution in [0.3, 0.4) is 0 Å². The van der Waals surface area contributed by atoms with Crippen molar-refractivity contribution in [1.29, 1.82) is 0 Å². The van der Waals surface area contributed by atoms with Gasteiger partial charge in [0.05, 0.1) is 5.60 Å². The third kappa shape index (κ3) is 4.30. The Kier molecular flexibility index (Phi) is 5.10. The van der Waals surface area contributed by atoms with E-state index in [-0.39, 0.29) is 0 Å². The Bertz CT molecular complexity index is 349. The molecule has 2 rings (SSSR count). The van der Waals surface area contributed by atoms with Crippen LogP contribution in [0, 0.1) is 5.92 Å². The maximum absolute atomic E-state index is 10.2. The second-order valence-electron chi connectivity index (χ2n) is 5.45. The largest absolute Gasteiger partial charge is 0.388 e. The van der Waals surface area contributed by atoms with Gasteiger partial charge in [0.1, 0.15) is 0 Å². The lowest BCUT2D eigenvalue weighted by molar-refractivity contribution is 0.0670. The first-order chi connectivity index (χ1) is 8.68. The first-order valence-electron chi connectivity index (χ1n) is 6.73. The summed E-state index contributed by atoms with van der Waals surface area (Å²) < 4.78 is 0. The summed E-state index contributed by atoms with van der Waals surface area (Å²) in [6.45, 7) is 3.97. The molecule has 0 amide bonds. The Morgan fingerprint density at radius 1 is 1.39 bits per heavy atom. The Hall–Kier alpha value is -0.510. The molecule has 18 heavy (non-hydrogen) atoms. The topological polar surface area (TPSA) is 32.3 Å². The zero-order chi connectivity index (χ0) is 12.8. The molecule has 1 fully saturated rings. The van der Waals surface area contributed by atoms with Crippen molar-refractivity contribution >= 4 is 11.8 Å². The van der Waals surface area contributed by atoms with E-state index in [0.29, 0.717) is 5.92 Å². The Morgan fingerprint density at radius 2 is 2.17 bits per heavy atom. The van der Waals surface area contributed by atoms with E-state index in [1.54, 1.807) is 0 Å². The Morgan fingerprint density at radius 3 is 2.83 bits per heavy atom. The lowest BCUT2D eigenvalue weighted by atomic mass is 10.00. The maximum Gasteiger partial charge on any atom is 0.0869 e. The van der Waals surface area contributed by atoms with Gasteiger partial charge in [0.2, 0.25) is 0 Å². The van der Waals surface area contributed by atoms with Crippen molar-refractivity contribution in [2.75, 3.05) is 24.6 Å². The molecule has 0 saturated carbocycles. The van der Waals surface area contributed by atoms with E-state index < -0.39 is 5.60 Å². The fraction of sp³-hybridized carbons (Fsp3) is 0.600. The van der Waals surface area contributed by atoms with Gasteiger partial charge in [-0.05, 0) is 36.6 Å². The van der Waals surface area contributed by atoms with Crippen molar-refractivity contribution in [1.82, 2.24) is 5.32 Å².